The van der Waals surface area contributed by atoms with E-state index in [0.717, 1.165) is 31.6 Å². The molecule has 1 atom stereocenters. The number of ether oxygens (including phenoxy) is 1. The average molecular weight is 325 g/mol. The van der Waals surface area contributed by atoms with Gasteiger partial charge in [0.05, 0.1) is 6.20 Å². The van der Waals surface area contributed by atoms with Crippen LogP contribution < -0.4 is 0 Å². The van der Waals surface area contributed by atoms with Gasteiger partial charge < -0.3 is 9.64 Å². The highest BCUT2D eigenvalue weighted by Crippen LogP contribution is 2.52. The van der Waals surface area contributed by atoms with E-state index in [-0.39, 0.29) is 12.3 Å². The Balaban J connectivity index is 1.63. The summed E-state index contributed by atoms with van der Waals surface area (Å²) in [6, 6.07) is -0.838. The Labute approximate surface area is 133 Å². The lowest BCUT2D eigenvalue weighted by Crippen LogP contribution is -2.35. The fraction of sp³-hybridized carbons (Fsp3) is 0.625. The van der Waals surface area contributed by atoms with Gasteiger partial charge in [-0.15, -0.1) is 0 Å². The van der Waals surface area contributed by atoms with E-state index in [1.807, 2.05) is 0 Å². The number of hydrogen-bond donors (Lipinski definition) is 0. The van der Waals surface area contributed by atoms with E-state index in [0.29, 0.717) is 19.0 Å². The second-order valence-electron chi connectivity index (χ2n) is 6.29. The van der Waals surface area contributed by atoms with E-state index < -0.39 is 12.0 Å². The highest BCUT2D eigenvalue weighted by Gasteiger charge is 2.59. The molecule has 0 spiro atoms. The maximum absolute atomic E-state index is 13.1. The number of nitrogens with zero attached hydrogens (tertiary/aromatic N) is 3. The van der Waals surface area contributed by atoms with Crippen molar-refractivity contribution < 1.29 is 18.3 Å². The first kappa shape index (κ1) is 16.1. The van der Waals surface area contributed by atoms with E-state index in [9.17, 15) is 13.6 Å². The van der Waals surface area contributed by atoms with Crippen LogP contribution in [0.2, 0.25) is 0 Å². The van der Waals surface area contributed by atoms with Crippen molar-refractivity contribution in [3.05, 3.63) is 30.6 Å². The third-order valence-corrected chi connectivity index (χ3v) is 4.45. The lowest BCUT2D eigenvalue weighted by atomic mass is 9.99. The molecule has 1 unspecified atom stereocenters. The van der Waals surface area contributed by atoms with E-state index in [2.05, 4.69) is 11.7 Å². The van der Waals surface area contributed by atoms with Crippen molar-refractivity contribution in [2.45, 2.75) is 37.8 Å². The van der Waals surface area contributed by atoms with Gasteiger partial charge in [0.1, 0.15) is 6.04 Å². The molecule has 1 aliphatic carbocycles. The van der Waals surface area contributed by atoms with Gasteiger partial charge in [0.2, 0.25) is 5.91 Å². The van der Waals surface area contributed by atoms with Crippen LogP contribution >= 0.6 is 0 Å². The van der Waals surface area contributed by atoms with Crippen LogP contribution in [0.1, 0.15) is 30.9 Å². The normalized spacial score (nSPS) is 23.5. The lowest BCUT2D eigenvalue weighted by Gasteiger charge is -2.29. The number of carbonyl (C=O) groups is 1. The molecule has 0 radical (unpaired) electrons. The Hall–Kier alpha value is -1.76. The van der Waals surface area contributed by atoms with Gasteiger partial charge in [-0.3, -0.25) is 9.48 Å². The van der Waals surface area contributed by atoms with E-state index in [4.69, 9.17) is 4.74 Å². The molecule has 1 amide bonds. The van der Waals surface area contributed by atoms with Crippen LogP contribution in [0.3, 0.4) is 0 Å². The van der Waals surface area contributed by atoms with Crippen molar-refractivity contribution in [3.8, 4) is 0 Å². The number of alkyl halides is 2. The molecule has 1 saturated carbocycles. The number of amides is 1. The van der Waals surface area contributed by atoms with E-state index in [1.54, 1.807) is 17.3 Å². The summed E-state index contributed by atoms with van der Waals surface area (Å²) in [5.41, 5.74) is 0.759. The largest absolute Gasteiger partial charge is 0.381 e. The maximum atomic E-state index is 13.1. The summed E-state index contributed by atoms with van der Waals surface area (Å²) in [5.74, 6) is -2.40. The van der Waals surface area contributed by atoms with Crippen LogP contribution in [0.25, 0.3) is 0 Å². The molecule has 2 fully saturated rings. The molecule has 23 heavy (non-hydrogen) atoms. The summed E-state index contributed by atoms with van der Waals surface area (Å²) in [5, 5.41) is 4.01. The van der Waals surface area contributed by atoms with Gasteiger partial charge in [-0.05, 0) is 24.8 Å². The average Bonchev–Trinajstić information content (AvgIpc) is 2.96. The molecule has 1 saturated heterocycles. The second-order valence-corrected chi connectivity index (χ2v) is 6.29. The van der Waals surface area contributed by atoms with Crippen molar-refractivity contribution in [3.63, 3.8) is 0 Å². The van der Waals surface area contributed by atoms with Crippen molar-refractivity contribution in [2.24, 2.45) is 5.92 Å². The van der Waals surface area contributed by atoms with Crippen LogP contribution in [-0.4, -0.2) is 46.3 Å². The predicted molar refractivity (Wildman–Crippen MR) is 80.0 cm³/mol. The van der Waals surface area contributed by atoms with Crippen molar-refractivity contribution in [1.29, 1.82) is 0 Å². The second kappa shape index (κ2) is 6.39. The van der Waals surface area contributed by atoms with Crippen LogP contribution in [0, 0.1) is 5.92 Å². The highest BCUT2D eigenvalue weighted by atomic mass is 19.3. The minimum atomic E-state index is -2.65. The Morgan fingerprint density at radius 3 is 2.83 bits per heavy atom. The van der Waals surface area contributed by atoms with Crippen molar-refractivity contribution >= 4 is 5.91 Å². The monoisotopic (exact) mass is 325 g/mol. The summed E-state index contributed by atoms with van der Waals surface area (Å²) in [4.78, 5) is 13.8. The zero-order valence-electron chi connectivity index (χ0n) is 13.0. The molecule has 1 aliphatic heterocycles. The third-order valence-electron chi connectivity index (χ3n) is 4.45. The van der Waals surface area contributed by atoms with Crippen molar-refractivity contribution in [2.75, 3.05) is 19.8 Å². The summed E-state index contributed by atoms with van der Waals surface area (Å²) in [7, 11) is 0. The molecule has 0 aromatic carbocycles. The highest BCUT2D eigenvalue weighted by molar-refractivity contribution is 5.86. The summed E-state index contributed by atoms with van der Waals surface area (Å²) in [6.45, 7) is 5.96. The first-order valence-corrected chi connectivity index (χ1v) is 7.89. The molecule has 1 aromatic heterocycles. The lowest BCUT2D eigenvalue weighted by molar-refractivity contribution is -0.127. The minimum Gasteiger partial charge on any atom is -0.381 e. The van der Waals surface area contributed by atoms with Gasteiger partial charge in [-0.25, -0.2) is 8.78 Å². The van der Waals surface area contributed by atoms with E-state index >= 15 is 0 Å². The van der Waals surface area contributed by atoms with Crippen LogP contribution in [0.5, 0.6) is 0 Å². The van der Waals surface area contributed by atoms with Gasteiger partial charge in [0, 0.05) is 44.5 Å². The first-order chi connectivity index (χ1) is 11.0. The fourth-order valence-corrected chi connectivity index (χ4v) is 2.94. The predicted octanol–water partition coefficient (Wildman–Crippen LogP) is 2.40. The molecule has 0 N–H and O–H groups in total. The summed E-state index contributed by atoms with van der Waals surface area (Å²) >= 11 is 0. The van der Waals surface area contributed by atoms with Crippen LogP contribution in [-0.2, 0) is 16.1 Å². The molecule has 7 heteroatoms. The van der Waals surface area contributed by atoms with Gasteiger partial charge in [0.15, 0.2) is 0 Å². The molecule has 5 nitrogen and oxygen atoms in total. The summed E-state index contributed by atoms with van der Waals surface area (Å²) < 4.78 is 32.8. The Bertz CT molecular complexity index is 582. The zero-order chi connectivity index (χ0) is 16.4. The van der Waals surface area contributed by atoms with Crippen molar-refractivity contribution in [1.82, 2.24) is 14.7 Å². The quantitative estimate of drug-likeness (QED) is 0.755. The van der Waals surface area contributed by atoms with Crippen LogP contribution in [0.4, 0.5) is 8.78 Å². The Morgan fingerprint density at radius 1 is 1.52 bits per heavy atom. The first-order valence-electron chi connectivity index (χ1n) is 7.89. The van der Waals surface area contributed by atoms with Gasteiger partial charge >= 0.3 is 0 Å². The molecular formula is C16H21F2N3O2. The zero-order valence-corrected chi connectivity index (χ0v) is 13.0. The molecule has 126 valence electrons. The molecule has 3 rings (SSSR count). The molecule has 0 bridgehead atoms. The molecule has 2 aliphatic rings. The van der Waals surface area contributed by atoms with E-state index in [1.165, 1.54) is 10.8 Å². The maximum Gasteiger partial charge on any atom is 0.272 e. The number of aromatic nitrogens is 2. The van der Waals surface area contributed by atoms with Gasteiger partial charge in [-0.2, -0.15) is 5.10 Å². The number of hydrogen-bond acceptors (Lipinski definition) is 3. The minimum absolute atomic E-state index is 0.152. The smallest absolute Gasteiger partial charge is 0.272 e. The Morgan fingerprint density at radius 2 is 2.22 bits per heavy atom. The van der Waals surface area contributed by atoms with Crippen LogP contribution in [0.15, 0.2) is 25.0 Å². The fourth-order valence-electron chi connectivity index (χ4n) is 2.94. The Kier molecular flexibility index (Phi) is 4.48. The number of carbonyl (C=O) groups excluding carboxylic acids is 1. The van der Waals surface area contributed by atoms with Gasteiger partial charge in [-0.1, -0.05) is 6.58 Å². The SMILES string of the molecule is C=CC(=O)N(Cc1cnn(C2CC2(F)F)c1)CC1CCOCC1. The molecule has 2 heterocycles. The topological polar surface area (TPSA) is 47.4 Å². The molecule has 1 aromatic rings. The number of halogens is 2. The van der Waals surface area contributed by atoms with Gasteiger partial charge in [0.25, 0.3) is 5.92 Å². The standard InChI is InChI=1S/C16H21F2N3O2/c1-2-15(22)20(9-12-3-5-23-6-4-12)10-13-8-19-21(11-13)14-7-16(14,17)18/h2,8,11-12,14H,1,3-7,9-10H2. The molecular weight excluding hydrogens is 304 g/mol. The number of rotatable bonds is 6. The summed E-state index contributed by atoms with van der Waals surface area (Å²) in [6.07, 6.45) is 6.15. The third kappa shape index (κ3) is 3.77.